The summed E-state index contributed by atoms with van der Waals surface area (Å²) in [6.45, 7) is 0. The van der Waals surface area contributed by atoms with E-state index in [1.54, 1.807) is 0 Å². The lowest BCUT2D eigenvalue weighted by Gasteiger charge is -2.30. The number of alkyl halides is 3. The van der Waals surface area contributed by atoms with Gasteiger partial charge in [-0.3, -0.25) is 4.79 Å². The summed E-state index contributed by atoms with van der Waals surface area (Å²) in [6, 6.07) is 3.50. The number of urea groups is 1. The van der Waals surface area contributed by atoms with Crippen molar-refractivity contribution >= 4 is 17.6 Å². The first-order valence-electron chi connectivity index (χ1n) is 7.17. The second-order valence-electron chi connectivity index (χ2n) is 5.76. The fourth-order valence-electron chi connectivity index (χ4n) is 3.15. The monoisotopic (exact) mass is 314 g/mol. The van der Waals surface area contributed by atoms with Crippen LogP contribution in [-0.2, 0) is 11.0 Å². The van der Waals surface area contributed by atoms with Gasteiger partial charge in [-0.25, -0.2) is 9.69 Å². The molecule has 1 aromatic carbocycles. The molecule has 1 spiro atoms. The SMILES string of the molecule is O=C1NC2(CCCCC2)C(=O)N1c1ccc(C(F)(F)F)cc1.[HH]. The van der Waals surface area contributed by atoms with Crippen molar-refractivity contribution in [3.05, 3.63) is 29.8 Å². The number of amides is 3. The van der Waals surface area contributed by atoms with Gasteiger partial charge in [-0.2, -0.15) is 13.2 Å². The summed E-state index contributed by atoms with van der Waals surface area (Å²) < 4.78 is 37.7. The molecule has 1 aromatic rings. The Kier molecular flexibility index (Phi) is 3.38. The summed E-state index contributed by atoms with van der Waals surface area (Å²) in [7, 11) is 0. The van der Waals surface area contributed by atoms with Crippen LogP contribution in [0, 0.1) is 0 Å². The Balaban J connectivity index is 0.00000192. The third-order valence-electron chi connectivity index (χ3n) is 4.32. The molecule has 0 atom stereocenters. The van der Waals surface area contributed by atoms with Crippen molar-refractivity contribution in [2.45, 2.75) is 43.8 Å². The molecule has 1 aliphatic carbocycles. The van der Waals surface area contributed by atoms with Crippen molar-refractivity contribution in [1.82, 2.24) is 5.32 Å². The zero-order valence-corrected chi connectivity index (χ0v) is 11.7. The van der Waals surface area contributed by atoms with Gasteiger partial charge in [-0.1, -0.05) is 19.3 Å². The van der Waals surface area contributed by atoms with Gasteiger partial charge in [0.25, 0.3) is 5.91 Å². The van der Waals surface area contributed by atoms with Gasteiger partial charge in [0.15, 0.2) is 0 Å². The third-order valence-corrected chi connectivity index (χ3v) is 4.32. The standard InChI is InChI=1S/C15H15F3N2O2.H2/c16-15(17,18)10-4-6-11(7-5-10)20-12(21)14(19-13(20)22)8-2-1-3-9-14;/h4-7H,1-3,8-9H2,(H,19,22);1H. The van der Waals surface area contributed by atoms with Gasteiger partial charge in [0, 0.05) is 1.43 Å². The highest BCUT2D eigenvalue weighted by molar-refractivity contribution is 6.23. The molecule has 120 valence electrons. The Hall–Kier alpha value is -2.05. The van der Waals surface area contributed by atoms with Crippen LogP contribution in [-0.4, -0.2) is 17.5 Å². The Morgan fingerprint density at radius 1 is 1.05 bits per heavy atom. The first kappa shape index (κ1) is 14.9. The molecular formula is C15H17F3N2O2. The molecule has 22 heavy (non-hydrogen) atoms. The zero-order valence-electron chi connectivity index (χ0n) is 11.7. The van der Waals surface area contributed by atoms with Crippen molar-refractivity contribution in [3.8, 4) is 0 Å². The van der Waals surface area contributed by atoms with E-state index in [2.05, 4.69) is 5.32 Å². The quantitative estimate of drug-likeness (QED) is 0.803. The number of halogens is 3. The minimum Gasteiger partial charge on any atom is -0.323 e. The topological polar surface area (TPSA) is 49.4 Å². The zero-order chi connectivity index (χ0) is 16.0. The van der Waals surface area contributed by atoms with Crippen LogP contribution in [0.2, 0.25) is 0 Å². The summed E-state index contributed by atoms with van der Waals surface area (Å²) >= 11 is 0. The van der Waals surface area contributed by atoms with Gasteiger partial charge in [0.1, 0.15) is 5.54 Å². The van der Waals surface area contributed by atoms with Gasteiger partial charge in [-0.05, 0) is 37.1 Å². The van der Waals surface area contributed by atoms with E-state index in [9.17, 15) is 22.8 Å². The minimum absolute atomic E-state index is 0. The summed E-state index contributed by atoms with van der Waals surface area (Å²) in [5.41, 5.74) is -1.52. The average Bonchev–Trinajstić information content (AvgIpc) is 2.70. The first-order valence-corrected chi connectivity index (χ1v) is 7.17. The van der Waals surface area contributed by atoms with Crippen molar-refractivity contribution in [2.24, 2.45) is 0 Å². The van der Waals surface area contributed by atoms with E-state index in [0.717, 1.165) is 48.4 Å². The lowest BCUT2D eigenvalue weighted by molar-refractivity contribution is -0.137. The van der Waals surface area contributed by atoms with Gasteiger partial charge in [-0.15, -0.1) is 0 Å². The van der Waals surface area contributed by atoms with Gasteiger partial charge < -0.3 is 5.32 Å². The van der Waals surface area contributed by atoms with Crippen molar-refractivity contribution < 1.29 is 24.2 Å². The maximum Gasteiger partial charge on any atom is 0.416 e. The van der Waals surface area contributed by atoms with Crippen LogP contribution in [0.15, 0.2) is 24.3 Å². The molecule has 3 amide bonds. The van der Waals surface area contributed by atoms with Crippen LogP contribution in [0.3, 0.4) is 0 Å². The van der Waals surface area contributed by atoms with E-state index >= 15 is 0 Å². The molecule has 0 aromatic heterocycles. The maximum absolute atomic E-state index is 12.6. The maximum atomic E-state index is 12.6. The number of benzene rings is 1. The highest BCUT2D eigenvalue weighted by atomic mass is 19.4. The van der Waals surface area contributed by atoms with Crippen LogP contribution in [0.1, 0.15) is 39.1 Å². The second-order valence-corrected chi connectivity index (χ2v) is 5.76. The van der Waals surface area contributed by atoms with Crippen LogP contribution in [0.5, 0.6) is 0 Å². The largest absolute Gasteiger partial charge is 0.416 e. The molecule has 1 aliphatic heterocycles. The fourth-order valence-corrected chi connectivity index (χ4v) is 3.15. The lowest BCUT2D eigenvalue weighted by Crippen LogP contribution is -2.48. The Bertz CT molecular complexity index is 610. The second kappa shape index (κ2) is 5.00. The smallest absolute Gasteiger partial charge is 0.323 e. The number of nitrogens with one attached hydrogen (secondary N) is 1. The van der Waals surface area contributed by atoms with E-state index in [1.807, 2.05) is 0 Å². The molecule has 4 nitrogen and oxygen atoms in total. The van der Waals surface area contributed by atoms with Crippen molar-refractivity contribution in [2.75, 3.05) is 4.90 Å². The van der Waals surface area contributed by atoms with E-state index in [1.165, 1.54) is 0 Å². The van der Waals surface area contributed by atoms with Crippen LogP contribution in [0.4, 0.5) is 23.7 Å². The Labute approximate surface area is 126 Å². The predicted molar refractivity (Wildman–Crippen MR) is 75.4 cm³/mol. The molecule has 7 heteroatoms. The molecule has 3 rings (SSSR count). The van der Waals surface area contributed by atoms with Gasteiger partial charge in [0.05, 0.1) is 11.3 Å². The molecule has 0 bridgehead atoms. The summed E-state index contributed by atoms with van der Waals surface area (Å²) in [5.74, 6) is -0.364. The molecule has 1 saturated carbocycles. The molecular weight excluding hydrogens is 297 g/mol. The summed E-state index contributed by atoms with van der Waals surface area (Å²) in [6.07, 6.45) is -0.561. The number of nitrogens with zero attached hydrogens (tertiary/aromatic N) is 1. The van der Waals surface area contributed by atoms with Crippen LogP contribution < -0.4 is 10.2 Å². The number of carbonyl (C=O) groups is 2. The average molecular weight is 314 g/mol. The van der Waals surface area contributed by atoms with E-state index in [4.69, 9.17) is 0 Å². The molecule has 1 heterocycles. The van der Waals surface area contributed by atoms with E-state index in [-0.39, 0.29) is 13.0 Å². The lowest BCUT2D eigenvalue weighted by atomic mass is 9.81. The normalized spacial score (nSPS) is 21.3. The number of rotatable bonds is 1. The highest BCUT2D eigenvalue weighted by Gasteiger charge is 2.51. The molecule has 1 N–H and O–H groups in total. The number of anilines is 1. The Morgan fingerprint density at radius 3 is 2.18 bits per heavy atom. The predicted octanol–water partition coefficient (Wildman–Crippen LogP) is 3.71. The highest BCUT2D eigenvalue weighted by Crippen LogP contribution is 2.36. The van der Waals surface area contributed by atoms with E-state index in [0.29, 0.717) is 12.8 Å². The number of imide groups is 1. The number of carbonyl (C=O) groups excluding carboxylic acids is 2. The van der Waals surface area contributed by atoms with Crippen LogP contribution in [0.25, 0.3) is 0 Å². The van der Waals surface area contributed by atoms with Crippen LogP contribution >= 0.6 is 0 Å². The summed E-state index contributed by atoms with van der Waals surface area (Å²) in [4.78, 5) is 25.7. The molecule has 1 saturated heterocycles. The number of hydrogen-bond acceptors (Lipinski definition) is 2. The third kappa shape index (κ3) is 2.34. The first-order chi connectivity index (χ1) is 10.3. The molecule has 2 fully saturated rings. The van der Waals surface area contributed by atoms with Crippen molar-refractivity contribution in [3.63, 3.8) is 0 Å². The number of hydrogen-bond donors (Lipinski definition) is 1. The fraction of sp³-hybridized carbons (Fsp3) is 0.467. The molecule has 2 aliphatic rings. The molecule has 0 unspecified atom stereocenters. The molecule has 0 radical (unpaired) electrons. The van der Waals surface area contributed by atoms with Gasteiger partial charge >= 0.3 is 12.2 Å². The van der Waals surface area contributed by atoms with Crippen molar-refractivity contribution in [1.29, 1.82) is 0 Å². The van der Waals surface area contributed by atoms with E-state index < -0.39 is 23.3 Å². The summed E-state index contributed by atoms with van der Waals surface area (Å²) in [5, 5.41) is 2.73. The van der Waals surface area contributed by atoms with Gasteiger partial charge in [0.2, 0.25) is 0 Å². The minimum atomic E-state index is -4.44. The Morgan fingerprint density at radius 2 is 1.64 bits per heavy atom.